The first kappa shape index (κ1) is 13.1. The Labute approximate surface area is 115 Å². The summed E-state index contributed by atoms with van der Waals surface area (Å²) < 4.78 is 0. The van der Waals surface area contributed by atoms with Crippen molar-refractivity contribution >= 4 is 40.0 Å². The number of halogens is 1. The van der Waals surface area contributed by atoms with Crippen molar-refractivity contribution in [3.05, 3.63) is 39.9 Å². The van der Waals surface area contributed by atoms with Crippen molar-refractivity contribution in [3.8, 4) is 0 Å². The second-order valence-electron chi connectivity index (χ2n) is 3.85. The quantitative estimate of drug-likeness (QED) is 0.792. The summed E-state index contributed by atoms with van der Waals surface area (Å²) >= 11 is 7.21. The largest absolute Gasteiger partial charge is 0.318 e. The van der Waals surface area contributed by atoms with Gasteiger partial charge in [-0.1, -0.05) is 35.1 Å². The first-order valence-electron chi connectivity index (χ1n) is 5.61. The van der Waals surface area contributed by atoms with E-state index >= 15 is 0 Å². The molecule has 0 atom stereocenters. The molecule has 0 radical (unpaired) electrons. The van der Waals surface area contributed by atoms with Gasteiger partial charge in [0.15, 0.2) is 16.6 Å². The highest BCUT2D eigenvalue weighted by atomic mass is 35.5. The lowest BCUT2D eigenvalue weighted by atomic mass is 10.2. The van der Waals surface area contributed by atoms with Crippen LogP contribution in [0, 0.1) is 6.92 Å². The lowest BCUT2D eigenvalue weighted by molar-refractivity contribution is 0.112. The fraction of sp³-hybridized carbons (Fsp3) is 0.231. The van der Waals surface area contributed by atoms with Gasteiger partial charge in [0.1, 0.15) is 4.88 Å². The van der Waals surface area contributed by atoms with E-state index in [9.17, 15) is 4.79 Å². The Balaban J connectivity index is 2.41. The summed E-state index contributed by atoms with van der Waals surface area (Å²) in [5.41, 5.74) is 2.24. The number of aryl methyl sites for hydroxylation is 1. The molecule has 0 spiro atoms. The minimum absolute atomic E-state index is 0.274. The van der Waals surface area contributed by atoms with Gasteiger partial charge in [-0.25, -0.2) is 4.98 Å². The molecule has 0 N–H and O–H groups in total. The molecule has 0 unspecified atom stereocenters. The van der Waals surface area contributed by atoms with Crippen LogP contribution in [0.5, 0.6) is 0 Å². The van der Waals surface area contributed by atoms with E-state index < -0.39 is 0 Å². The third kappa shape index (κ3) is 2.54. The highest BCUT2D eigenvalue weighted by Gasteiger charge is 2.15. The number of aldehydes is 1. The van der Waals surface area contributed by atoms with Crippen LogP contribution in [-0.2, 0) is 0 Å². The summed E-state index contributed by atoms with van der Waals surface area (Å²) in [6.45, 7) is 4.85. The molecule has 0 fully saturated rings. The van der Waals surface area contributed by atoms with E-state index in [1.165, 1.54) is 16.9 Å². The third-order valence-electron chi connectivity index (χ3n) is 2.57. The van der Waals surface area contributed by atoms with Crippen LogP contribution in [0.15, 0.2) is 24.3 Å². The molecule has 0 aliphatic rings. The average molecular weight is 281 g/mol. The molecule has 1 heterocycles. The van der Waals surface area contributed by atoms with E-state index in [4.69, 9.17) is 11.6 Å². The van der Waals surface area contributed by atoms with Crippen LogP contribution < -0.4 is 4.90 Å². The van der Waals surface area contributed by atoms with Gasteiger partial charge in [-0.3, -0.25) is 4.79 Å². The Morgan fingerprint density at radius 2 is 2.28 bits per heavy atom. The fourth-order valence-electron chi connectivity index (χ4n) is 1.71. The summed E-state index contributed by atoms with van der Waals surface area (Å²) in [4.78, 5) is 17.6. The number of rotatable bonds is 4. The number of aromatic nitrogens is 1. The van der Waals surface area contributed by atoms with Crippen molar-refractivity contribution in [2.24, 2.45) is 0 Å². The summed E-state index contributed by atoms with van der Waals surface area (Å²) in [7, 11) is 0. The molecule has 3 nitrogen and oxygen atoms in total. The first-order chi connectivity index (χ1) is 8.65. The van der Waals surface area contributed by atoms with E-state index in [-0.39, 0.29) is 5.15 Å². The molecule has 18 heavy (non-hydrogen) atoms. The molecular weight excluding hydrogens is 268 g/mol. The van der Waals surface area contributed by atoms with E-state index in [1.807, 2.05) is 36.9 Å². The molecule has 2 rings (SSSR count). The van der Waals surface area contributed by atoms with Gasteiger partial charge in [0.2, 0.25) is 0 Å². The van der Waals surface area contributed by atoms with Gasteiger partial charge in [-0.15, -0.1) is 0 Å². The van der Waals surface area contributed by atoms with Gasteiger partial charge in [-0.05, 0) is 31.5 Å². The number of nitrogens with zero attached hydrogens (tertiary/aromatic N) is 2. The predicted molar refractivity (Wildman–Crippen MR) is 76.4 cm³/mol. The number of hydrogen-bond acceptors (Lipinski definition) is 4. The monoisotopic (exact) mass is 280 g/mol. The van der Waals surface area contributed by atoms with Crippen LogP contribution in [0.1, 0.15) is 22.2 Å². The zero-order valence-corrected chi connectivity index (χ0v) is 11.8. The normalized spacial score (nSPS) is 10.4. The van der Waals surface area contributed by atoms with Crippen LogP contribution >= 0.6 is 22.9 Å². The van der Waals surface area contributed by atoms with Crippen molar-refractivity contribution in [1.29, 1.82) is 0 Å². The molecular formula is C13H13ClN2OS. The first-order valence-corrected chi connectivity index (χ1v) is 6.81. The highest BCUT2D eigenvalue weighted by Crippen LogP contribution is 2.33. The third-order valence-corrected chi connectivity index (χ3v) is 3.97. The minimum Gasteiger partial charge on any atom is -0.318 e. The molecule has 1 aromatic heterocycles. The molecule has 94 valence electrons. The molecule has 2 aromatic rings. The summed E-state index contributed by atoms with van der Waals surface area (Å²) in [5, 5.41) is 1.02. The van der Waals surface area contributed by atoms with Crippen molar-refractivity contribution in [3.63, 3.8) is 0 Å². The Morgan fingerprint density at radius 1 is 1.50 bits per heavy atom. The molecule has 1 aromatic carbocycles. The smallest absolute Gasteiger partial charge is 0.191 e. The number of thiazole rings is 1. The number of carbonyl (C=O) groups excluding carboxylic acids is 1. The van der Waals surface area contributed by atoms with Crippen LogP contribution in [0.25, 0.3) is 0 Å². The van der Waals surface area contributed by atoms with Gasteiger partial charge >= 0.3 is 0 Å². The summed E-state index contributed by atoms with van der Waals surface area (Å²) in [5.74, 6) is 0. The Hall–Kier alpha value is -1.39. The molecule has 0 bridgehead atoms. The maximum Gasteiger partial charge on any atom is 0.191 e. The Bertz CT molecular complexity index is 568. The molecule has 0 saturated carbocycles. The second kappa shape index (κ2) is 5.50. The van der Waals surface area contributed by atoms with Crippen LogP contribution in [-0.4, -0.2) is 17.8 Å². The predicted octanol–water partition coefficient (Wildman–Crippen LogP) is 4.08. The van der Waals surface area contributed by atoms with Gasteiger partial charge in [0.25, 0.3) is 0 Å². The zero-order valence-electron chi connectivity index (χ0n) is 10.2. The molecule has 5 heteroatoms. The lowest BCUT2D eigenvalue weighted by Crippen LogP contribution is -2.15. The maximum atomic E-state index is 10.8. The van der Waals surface area contributed by atoms with Gasteiger partial charge in [-0.2, -0.15) is 0 Å². The highest BCUT2D eigenvalue weighted by molar-refractivity contribution is 7.17. The number of hydrogen-bond donors (Lipinski definition) is 0. The summed E-state index contributed by atoms with van der Waals surface area (Å²) in [6, 6.07) is 8.15. The SMILES string of the molecule is CCN(c1cccc(C)c1)c1nc(Cl)c(C=O)s1. The standard InChI is InChI=1S/C13H13ClN2OS/c1-3-16(10-6-4-5-9(2)7-10)13-15-12(14)11(8-17)18-13/h4-8H,3H2,1-2H3. The fourth-order valence-corrected chi connectivity index (χ4v) is 2.86. The minimum atomic E-state index is 0.274. The lowest BCUT2D eigenvalue weighted by Gasteiger charge is -2.20. The average Bonchev–Trinajstić information content (AvgIpc) is 2.71. The Kier molecular flexibility index (Phi) is 3.99. The molecule has 0 aliphatic carbocycles. The molecule has 0 amide bonds. The summed E-state index contributed by atoms with van der Waals surface area (Å²) in [6.07, 6.45) is 0.744. The maximum absolute atomic E-state index is 10.8. The molecule has 0 saturated heterocycles. The van der Waals surface area contributed by atoms with E-state index in [1.54, 1.807) is 0 Å². The number of benzene rings is 1. The van der Waals surface area contributed by atoms with Crippen molar-refractivity contribution in [1.82, 2.24) is 4.98 Å². The van der Waals surface area contributed by atoms with Gasteiger partial charge in [0, 0.05) is 12.2 Å². The van der Waals surface area contributed by atoms with Crippen LogP contribution in [0.3, 0.4) is 0 Å². The van der Waals surface area contributed by atoms with E-state index in [2.05, 4.69) is 11.1 Å². The Morgan fingerprint density at radius 3 is 2.83 bits per heavy atom. The number of carbonyl (C=O) groups is 1. The van der Waals surface area contributed by atoms with Crippen molar-refractivity contribution in [2.45, 2.75) is 13.8 Å². The van der Waals surface area contributed by atoms with Gasteiger partial charge < -0.3 is 4.90 Å². The van der Waals surface area contributed by atoms with Gasteiger partial charge in [0.05, 0.1) is 0 Å². The van der Waals surface area contributed by atoms with Crippen molar-refractivity contribution in [2.75, 3.05) is 11.4 Å². The number of anilines is 2. The van der Waals surface area contributed by atoms with Crippen molar-refractivity contribution < 1.29 is 4.79 Å². The van der Waals surface area contributed by atoms with E-state index in [0.717, 1.165) is 23.6 Å². The van der Waals surface area contributed by atoms with Crippen LogP contribution in [0.4, 0.5) is 10.8 Å². The zero-order chi connectivity index (χ0) is 13.1. The van der Waals surface area contributed by atoms with Crippen LogP contribution in [0.2, 0.25) is 5.15 Å². The topological polar surface area (TPSA) is 33.2 Å². The molecule has 0 aliphatic heterocycles. The van der Waals surface area contributed by atoms with E-state index in [0.29, 0.717) is 4.88 Å². The second-order valence-corrected chi connectivity index (χ2v) is 5.22.